The molecule has 28 heavy (non-hydrogen) atoms. The van der Waals surface area contributed by atoms with Crippen LogP contribution < -0.4 is 9.47 Å². The number of carboxylic acid groups (broad SMARTS) is 1. The van der Waals surface area contributed by atoms with Crippen LogP contribution in [0.15, 0.2) is 64.3 Å². The molecular formula is C20H18O7S. The Hall–Kier alpha value is -3.26. The zero-order chi connectivity index (χ0) is 20.3. The molecule has 0 aliphatic carbocycles. The van der Waals surface area contributed by atoms with Crippen molar-refractivity contribution < 1.29 is 32.2 Å². The average molecular weight is 402 g/mol. The van der Waals surface area contributed by atoms with E-state index in [1.807, 2.05) is 0 Å². The van der Waals surface area contributed by atoms with Crippen molar-refractivity contribution in [3.8, 4) is 22.6 Å². The molecule has 0 atom stereocenters. The molecule has 0 spiro atoms. The maximum absolute atomic E-state index is 12.8. The topological polar surface area (TPSA) is 103 Å². The van der Waals surface area contributed by atoms with Crippen LogP contribution in [-0.2, 0) is 15.6 Å². The molecule has 0 aliphatic heterocycles. The van der Waals surface area contributed by atoms with Crippen molar-refractivity contribution in [2.45, 2.75) is 10.6 Å². The summed E-state index contributed by atoms with van der Waals surface area (Å²) >= 11 is 0. The molecule has 3 rings (SSSR count). The molecule has 3 aromatic rings. The highest BCUT2D eigenvalue weighted by Crippen LogP contribution is 2.43. The van der Waals surface area contributed by atoms with Gasteiger partial charge in [-0.1, -0.05) is 18.2 Å². The fourth-order valence-electron chi connectivity index (χ4n) is 2.99. The molecule has 0 bridgehead atoms. The van der Waals surface area contributed by atoms with Gasteiger partial charge in [0, 0.05) is 5.56 Å². The Bertz CT molecular complexity index is 1090. The summed E-state index contributed by atoms with van der Waals surface area (Å²) < 4.78 is 41.4. The Morgan fingerprint density at radius 3 is 2.36 bits per heavy atom. The van der Waals surface area contributed by atoms with Gasteiger partial charge < -0.3 is 19.0 Å². The molecule has 0 radical (unpaired) electrons. The summed E-state index contributed by atoms with van der Waals surface area (Å²) in [4.78, 5) is 12.1. The second-order valence-corrected chi connectivity index (χ2v) is 7.90. The lowest BCUT2D eigenvalue weighted by Crippen LogP contribution is -2.12. The van der Waals surface area contributed by atoms with Gasteiger partial charge >= 0.3 is 5.97 Å². The average Bonchev–Trinajstić information content (AvgIpc) is 3.21. The van der Waals surface area contributed by atoms with E-state index in [4.69, 9.17) is 13.9 Å². The van der Waals surface area contributed by atoms with Gasteiger partial charge in [-0.3, -0.25) is 0 Å². The van der Waals surface area contributed by atoms with Crippen LogP contribution in [0.5, 0.6) is 11.5 Å². The van der Waals surface area contributed by atoms with Crippen LogP contribution in [0.25, 0.3) is 11.1 Å². The van der Waals surface area contributed by atoms with Crippen LogP contribution in [0.4, 0.5) is 0 Å². The molecule has 7 nitrogen and oxygen atoms in total. The van der Waals surface area contributed by atoms with Crippen molar-refractivity contribution in [3.63, 3.8) is 0 Å². The number of hydrogen-bond donors (Lipinski definition) is 1. The van der Waals surface area contributed by atoms with E-state index in [-0.39, 0.29) is 27.5 Å². The van der Waals surface area contributed by atoms with Gasteiger partial charge in [-0.25, -0.2) is 13.2 Å². The summed E-state index contributed by atoms with van der Waals surface area (Å²) in [5.41, 5.74) is 0.752. The van der Waals surface area contributed by atoms with E-state index < -0.39 is 21.6 Å². The summed E-state index contributed by atoms with van der Waals surface area (Å²) in [7, 11) is -1.05. The lowest BCUT2D eigenvalue weighted by Gasteiger charge is -2.18. The minimum Gasteiger partial charge on any atom is -0.496 e. The number of ether oxygens (including phenoxy) is 2. The molecule has 0 saturated heterocycles. The first-order valence-electron chi connectivity index (χ1n) is 8.20. The van der Waals surface area contributed by atoms with Crippen LogP contribution in [-0.4, -0.2) is 33.7 Å². The molecule has 1 aromatic heterocycles. The predicted octanol–water partition coefficient (Wildman–Crippen LogP) is 3.64. The van der Waals surface area contributed by atoms with Crippen molar-refractivity contribution in [2.75, 3.05) is 14.2 Å². The number of carbonyl (C=O) groups is 1. The van der Waals surface area contributed by atoms with Gasteiger partial charge in [-0.15, -0.1) is 0 Å². The number of sulfone groups is 1. The summed E-state index contributed by atoms with van der Waals surface area (Å²) in [6, 6.07) is 10.9. The normalized spacial score (nSPS) is 11.2. The van der Waals surface area contributed by atoms with Crippen molar-refractivity contribution >= 4 is 15.8 Å². The molecule has 2 aromatic carbocycles. The van der Waals surface area contributed by atoms with Crippen LogP contribution in [0.1, 0.15) is 15.9 Å². The smallest absolute Gasteiger partial charge is 0.339 e. The molecule has 0 fully saturated rings. The molecule has 0 aliphatic rings. The third-order valence-corrected chi connectivity index (χ3v) is 5.90. The van der Waals surface area contributed by atoms with Gasteiger partial charge in [0.25, 0.3) is 0 Å². The largest absolute Gasteiger partial charge is 0.496 e. The zero-order valence-electron chi connectivity index (χ0n) is 15.2. The van der Waals surface area contributed by atoms with E-state index in [1.165, 1.54) is 44.9 Å². The molecule has 8 heteroatoms. The van der Waals surface area contributed by atoms with E-state index in [9.17, 15) is 18.3 Å². The van der Waals surface area contributed by atoms with E-state index in [1.54, 1.807) is 24.3 Å². The first-order chi connectivity index (χ1) is 13.4. The van der Waals surface area contributed by atoms with Crippen molar-refractivity contribution in [3.05, 3.63) is 66.1 Å². The van der Waals surface area contributed by atoms with Gasteiger partial charge in [0.15, 0.2) is 9.84 Å². The molecule has 1 N–H and O–H groups in total. The zero-order valence-corrected chi connectivity index (χ0v) is 16.0. The number of carboxylic acids is 1. The lowest BCUT2D eigenvalue weighted by atomic mass is 9.98. The summed E-state index contributed by atoms with van der Waals surface area (Å²) in [6.07, 6.45) is 2.86. The van der Waals surface area contributed by atoms with Gasteiger partial charge in [-0.2, -0.15) is 0 Å². The van der Waals surface area contributed by atoms with E-state index in [0.29, 0.717) is 11.1 Å². The number of methoxy groups -OCH3 is 2. The predicted molar refractivity (Wildman–Crippen MR) is 102 cm³/mol. The van der Waals surface area contributed by atoms with Crippen LogP contribution in [0, 0.1) is 0 Å². The van der Waals surface area contributed by atoms with Gasteiger partial charge in [0.2, 0.25) is 0 Å². The van der Waals surface area contributed by atoms with Gasteiger partial charge in [0.1, 0.15) is 17.1 Å². The summed E-state index contributed by atoms with van der Waals surface area (Å²) in [5.74, 6) is -1.53. The fourth-order valence-corrected chi connectivity index (χ4v) is 4.37. The van der Waals surface area contributed by atoms with Crippen LogP contribution >= 0.6 is 0 Å². The first-order valence-corrected chi connectivity index (χ1v) is 9.85. The third kappa shape index (κ3) is 3.59. The molecule has 0 unspecified atom stereocenters. The van der Waals surface area contributed by atoms with Crippen LogP contribution in [0.2, 0.25) is 0 Å². The molecule has 146 valence electrons. The Morgan fingerprint density at radius 2 is 1.82 bits per heavy atom. The van der Waals surface area contributed by atoms with Gasteiger partial charge in [0.05, 0.1) is 43.0 Å². The van der Waals surface area contributed by atoms with E-state index in [0.717, 1.165) is 0 Å². The number of rotatable bonds is 7. The SMILES string of the molecule is COc1cc(CS(=O)(=O)c2ccccc2)c(C(=O)O)c(OC)c1-c1ccoc1. The van der Waals surface area contributed by atoms with E-state index >= 15 is 0 Å². The Morgan fingerprint density at radius 1 is 1.11 bits per heavy atom. The monoisotopic (exact) mass is 402 g/mol. The standard InChI is InChI=1S/C20H18O7S/c1-25-16-10-14(12-28(23,24)15-6-4-3-5-7-15)18(20(21)22)19(26-2)17(16)13-8-9-27-11-13/h3-11H,12H2,1-2H3,(H,21,22). The van der Waals surface area contributed by atoms with Crippen molar-refractivity contribution in [1.82, 2.24) is 0 Å². The molecular weight excluding hydrogens is 384 g/mol. The highest BCUT2D eigenvalue weighted by atomic mass is 32.2. The van der Waals surface area contributed by atoms with Crippen LogP contribution in [0.3, 0.4) is 0 Å². The Balaban J connectivity index is 2.23. The molecule has 0 amide bonds. The minimum absolute atomic E-state index is 0.00603. The Kier molecular flexibility index (Phi) is 5.41. The maximum Gasteiger partial charge on any atom is 0.339 e. The maximum atomic E-state index is 12.8. The minimum atomic E-state index is -3.78. The van der Waals surface area contributed by atoms with E-state index in [2.05, 4.69) is 0 Å². The van der Waals surface area contributed by atoms with Crippen molar-refractivity contribution in [2.24, 2.45) is 0 Å². The second kappa shape index (κ2) is 7.77. The number of aromatic carboxylic acids is 1. The molecule has 1 heterocycles. The highest BCUT2D eigenvalue weighted by molar-refractivity contribution is 7.90. The molecule has 0 saturated carbocycles. The first kappa shape index (κ1) is 19.5. The second-order valence-electron chi connectivity index (χ2n) is 5.91. The number of hydrogen-bond acceptors (Lipinski definition) is 6. The number of benzene rings is 2. The number of furan rings is 1. The Labute approximate surface area is 162 Å². The summed E-state index contributed by atoms with van der Waals surface area (Å²) in [6.45, 7) is 0. The summed E-state index contributed by atoms with van der Waals surface area (Å²) in [5, 5.41) is 9.79. The van der Waals surface area contributed by atoms with Gasteiger partial charge in [-0.05, 0) is 29.8 Å². The van der Waals surface area contributed by atoms with Crippen molar-refractivity contribution in [1.29, 1.82) is 0 Å². The highest BCUT2D eigenvalue weighted by Gasteiger charge is 2.28. The quantitative estimate of drug-likeness (QED) is 0.643. The fraction of sp³-hybridized carbons (Fsp3) is 0.150. The lowest BCUT2D eigenvalue weighted by molar-refractivity contribution is 0.0692. The third-order valence-electron chi connectivity index (χ3n) is 4.22.